The minimum Gasteiger partial charge on any atom is -0.457 e. The van der Waals surface area contributed by atoms with Gasteiger partial charge >= 0.3 is 0 Å². The Morgan fingerprint density at radius 2 is 1.69 bits per heavy atom. The number of aromatic nitrogens is 4. The van der Waals surface area contributed by atoms with E-state index in [1.807, 2.05) is 106 Å². The van der Waals surface area contributed by atoms with Crippen molar-refractivity contribution in [3.63, 3.8) is 0 Å². The lowest BCUT2D eigenvalue weighted by Gasteiger charge is -2.34. The van der Waals surface area contributed by atoms with Gasteiger partial charge in [0.1, 0.15) is 29.3 Å². The number of hydrogen-bond donors (Lipinski definition) is 1. The lowest BCUT2D eigenvalue weighted by molar-refractivity contribution is -0.128. The Morgan fingerprint density at radius 3 is 2.43 bits per heavy atom. The SMILES string of the molecule is C=C(CN(C)c1ccccc1)C(=O)N1CCCC(n2nc(-c3ccc(Oc4ccccc4)cc3)c3c(N)ncnc32)C1. The molecule has 0 aliphatic carbocycles. The van der Waals surface area contributed by atoms with E-state index < -0.39 is 0 Å². The number of likely N-dealkylation sites (tertiary alicyclic amines) is 1. The molecule has 212 valence electrons. The highest BCUT2D eigenvalue weighted by molar-refractivity contribution is 5.98. The van der Waals surface area contributed by atoms with E-state index in [-0.39, 0.29) is 11.9 Å². The number of carbonyl (C=O) groups is 1. The summed E-state index contributed by atoms with van der Waals surface area (Å²) >= 11 is 0. The molecule has 1 unspecified atom stereocenters. The summed E-state index contributed by atoms with van der Waals surface area (Å²) in [6.07, 6.45) is 3.18. The van der Waals surface area contributed by atoms with Crippen molar-refractivity contribution in [3.8, 4) is 22.8 Å². The molecule has 1 fully saturated rings. The standard InChI is InChI=1S/C33H33N7O2/c1-23(20-38(2)25-10-5-3-6-11-25)33(41)39-19-9-12-26(21-39)40-32-29(31(34)35-22-36-32)30(37-40)24-15-17-28(18-16-24)42-27-13-7-4-8-14-27/h3-8,10-11,13-18,22,26H,1,9,12,19-21H2,2H3,(H2,34,35,36). The molecule has 5 aromatic rings. The predicted molar refractivity (Wildman–Crippen MR) is 165 cm³/mol. The molecule has 1 saturated heterocycles. The number of carbonyl (C=O) groups excluding carboxylic acids is 1. The van der Waals surface area contributed by atoms with Crippen LogP contribution in [0.5, 0.6) is 11.5 Å². The molecule has 42 heavy (non-hydrogen) atoms. The van der Waals surface area contributed by atoms with Gasteiger partial charge in [0.2, 0.25) is 0 Å². The third-order valence-electron chi connectivity index (χ3n) is 7.58. The molecule has 0 bridgehead atoms. The number of ether oxygens (including phenoxy) is 1. The van der Waals surface area contributed by atoms with E-state index in [2.05, 4.69) is 16.5 Å². The van der Waals surface area contributed by atoms with Crippen LogP contribution in [0.15, 0.2) is 103 Å². The first-order valence-corrected chi connectivity index (χ1v) is 14.0. The maximum atomic E-state index is 13.5. The lowest BCUT2D eigenvalue weighted by Crippen LogP contribution is -2.42. The Hall–Kier alpha value is -5.18. The number of piperidine rings is 1. The van der Waals surface area contributed by atoms with Crippen LogP contribution in [0.1, 0.15) is 18.9 Å². The number of rotatable bonds is 8. The fourth-order valence-corrected chi connectivity index (χ4v) is 5.45. The van der Waals surface area contributed by atoms with Crippen molar-refractivity contribution in [2.75, 3.05) is 37.3 Å². The number of anilines is 2. The number of likely N-dealkylation sites (N-methyl/N-ethyl adjacent to an activating group) is 1. The van der Waals surface area contributed by atoms with Crippen LogP contribution in [0.25, 0.3) is 22.3 Å². The molecule has 9 nitrogen and oxygen atoms in total. The maximum Gasteiger partial charge on any atom is 0.251 e. The van der Waals surface area contributed by atoms with Gasteiger partial charge in [0.25, 0.3) is 5.91 Å². The number of nitrogens with zero attached hydrogens (tertiary/aromatic N) is 6. The Balaban J connectivity index is 1.23. The fourth-order valence-electron chi connectivity index (χ4n) is 5.45. The molecule has 1 atom stereocenters. The van der Waals surface area contributed by atoms with Crippen LogP contribution in [-0.2, 0) is 4.79 Å². The quantitative estimate of drug-likeness (QED) is 0.243. The summed E-state index contributed by atoms with van der Waals surface area (Å²) in [4.78, 5) is 26.2. The van der Waals surface area contributed by atoms with Crippen molar-refractivity contribution in [2.45, 2.75) is 18.9 Å². The van der Waals surface area contributed by atoms with Gasteiger partial charge < -0.3 is 20.3 Å². The molecule has 3 aromatic carbocycles. The van der Waals surface area contributed by atoms with Gasteiger partial charge in [0.15, 0.2) is 5.65 Å². The van der Waals surface area contributed by atoms with Crippen LogP contribution >= 0.6 is 0 Å². The number of nitrogens with two attached hydrogens (primary N) is 1. The van der Waals surface area contributed by atoms with Crippen LogP contribution in [0.4, 0.5) is 11.5 Å². The summed E-state index contributed by atoms with van der Waals surface area (Å²) < 4.78 is 7.87. The third kappa shape index (κ3) is 5.54. The summed E-state index contributed by atoms with van der Waals surface area (Å²) in [5.41, 5.74) is 10.2. The summed E-state index contributed by atoms with van der Waals surface area (Å²) in [5, 5.41) is 5.71. The summed E-state index contributed by atoms with van der Waals surface area (Å²) in [6, 6.07) is 27.3. The second kappa shape index (κ2) is 11.7. The smallest absolute Gasteiger partial charge is 0.251 e. The summed E-state index contributed by atoms with van der Waals surface area (Å²) in [6.45, 7) is 5.77. The van der Waals surface area contributed by atoms with Gasteiger partial charge in [-0.1, -0.05) is 43.0 Å². The molecule has 1 aliphatic heterocycles. The Morgan fingerprint density at radius 1 is 1.00 bits per heavy atom. The van der Waals surface area contributed by atoms with E-state index in [0.29, 0.717) is 47.8 Å². The van der Waals surface area contributed by atoms with Crippen LogP contribution < -0.4 is 15.4 Å². The second-order valence-electron chi connectivity index (χ2n) is 10.5. The normalized spacial score (nSPS) is 15.0. The number of hydrogen-bond acceptors (Lipinski definition) is 7. The average Bonchev–Trinajstić information content (AvgIpc) is 3.43. The van der Waals surface area contributed by atoms with Gasteiger partial charge in [-0.2, -0.15) is 5.10 Å². The van der Waals surface area contributed by atoms with Gasteiger partial charge in [-0.05, 0) is 61.4 Å². The second-order valence-corrected chi connectivity index (χ2v) is 10.5. The lowest BCUT2D eigenvalue weighted by atomic mass is 10.0. The molecule has 0 spiro atoms. The van der Waals surface area contributed by atoms with Crippen LogP contribution in [-0.4, -0.2) is 57.2 Å². The molecule has 3 heterocycles. The van der Waals surface area contributed by atoms with Crippen LogP contribution in [0, 0.1) is 0 Å². The van der Waals surface area contributed by atoms with Gasteiger partial charge in [-0.3, -0.25) is 4.79 Å². The Kier molecular flexibility index (Phi) is 7.55. The number of nitrogen functional groups attached to an aromatic ring is 1. The fraction of sp³-hybridized carbons (Fsp3) is 0.212. The van der Waals surface area contributed by atoms with E-state index in [1.165, 1.54) is 6.33 Å². The largest absolute Gasteiger partial charge is 0.457 e. The number of para-hydroxylation sites is 2. The van der Waals surface area contributed by atoms with E-state index >= 15 is 0 Å². The first kappa shape index (κ1) is 27.0. The average molecular weight is 560 g/mol. The van der Waals surface area contributed by atoms with Crippen molar-refractivity contribution in [1.29, 1.82) is 0 Å². The molecule has 1 aliphatic rings. The highest BCUT2D eigenvalue weighted by Crippen LogP contribution is 2.35. The van der Waals surface area contributed by atoms with Crippen molar-refractivity contribution < 1.29 is 9.53 Å². The molecule has 2 aromatic heterocycles. The molecule has 2 N–H and O–H groups in total. The van der Waals surface area contributed by atoms with Gasteiger partial charge in [-0.15, -0.1) is 0 Å². The molecule has 6 rings (SSSR count). The molecular formula is C33H33N7O2. The zero-order valence-corrected chi connectivity index (χ0v) is 23.6. The van der Waals surface area contributed by atoms with Crippen LogP contribution in [0.2, 0.25) is 0 Å². The van der Waals surface area contributed by atoms with E-state index in [4.69, 9.17) is 15.6 Å². The van der Waals surface area contributed by atoms with Crippen molar-refractivity contribution in [3.05, 3.63) is 103 Å². The first-order chi connectivity index (χ1) is 20.5. The molecule has 0 radical (unpaired) electrons. The molecule has 9 heteroatoms. The van der Waals surface area contributed by atoms with Gasteiger partial charge in [-0.25, -0.2) is 14.6 Å². The van der Waals surface area contributed by atoms with Crippen molar-refractivity contribution in [1.82, 2.24) is 24.6 Å². The van der Waals surface area contributed by atoms with Gasteiger partial charge in [0, 0.05) is 43.5 Å². The Labute approximate surface area is 244 Å². The number of fused-ring (bicyclic) bond motifs is 1. The zero-order chi connectivity index (χ0) is 29.1. The van der Waals surface area contributed by atoms with E-state index in [9.17, 15) is 4.79 Å². The molecule has 0 saturated carbocycles. The predicted octanol–water partition coefficient (Wildman–Crippen LogP) is 5.72. The van der Waals surface area contributed by atoms with Gasteiger partial charge in [0.05, 0.1) is 11.4 Å². The zero-order valence-electron chi connectivity index (χ0n) is 23.6. The minimum atomic E-state index is -0.0615. The van der Waals surface area contributed by atoms with E-state index in [1.54, 1.807) is 0 Å². The topological polar surface area (TPSA) is 102 Å². The number of benzene rings is 3. The van der Waals surface area contributed by atoms with Crippen molar-refractivity contribution >= 4 is 28.4 Å². The highest BCUT2D eigenvalue weighted by atomic mass is 16.5. The highest BCUT2D eigenvalue weighted by Gasteiger charge is 2.29. The Bertz CT molecular complexity index is 1700. The first-order valence-electron chi connectivity index (χ1n) is 14.0. The van der Waals surface area contributed by atoms with Crippen LogP contribution in [0.3, 0.4) is 0 Å². The monoisotopic (exact) mass is 559 g/mol. The van der Waals surface area contributed by atoms with E-state index in [0.717, 1.165) is 35.6 Å². The van der Waals surface area contributed by atoms with Crippen molar-refractivity contribution in [2.24, 2.45) is 0 Å². The number of amides is 1. The molecular weight excluding hydrogens is 526 g/mol. The maximum absolute atomic E-state index is 13.5. The third-order valence-corrected chi connectivity index (χ3v) is 7.58. The summed E-state index contributed by atoms with van der Waals surface area (Å²) in [7, 11) is 1.97. The molecule has 1 amide bonds. The summed E-state index contributed by atoms with van der Waals surface area (Å²) in [5.74, 6) is 1.81. The minimum absolute atomic E-state index is 0.0395.